The van der Waals surface area contributed by atoms with Crippen molar-refractivity contribution < 1.29 is 9.59 Å². The summed E-state index contributed by atoms with van der Waals surface area (Å²) in [7, 11) is 2.06. The Hall–Kier alpha value is -4.01. The van der Waals surface area contributed by atoms with E-state index in [0.717, 1.165) is 24.3 Å². The van der Waals surface area contributed by atoms with Gasteiger partial charge >= 0.3 is 0 Å². The minimum atomic E-state index is -0.257. The number of hydrogen-bond donors (Lipinski definition) is 4. The molecule has 6 N–H and O–H groups in total. The Labute approximate surface area is 214 Å². The molecule has 0 unspecified atom stereocenters. The normalized spacial score (nSPS) is 16.9. The number of nitrogens with two attached hydrogens (primary N) is 2. The Kier molecular flexibility index (Phi) is 6.30. The molecule has 0 atom stereocenters. The summed E-state index contributed by atoms with van der Waals surface area (Å²) in [6.45, 7) is 3.15. The summed E-state index contributed by atoms with van der Waals surface area (Å²) in [5.41, 5.74) is 17.3. The molecule has 8 nitrogen and oxygen atoms in total. The average molecular weight is 503 g/mol. The fourth-order valence-electron chi connectivity index (χ4n) is 4.44. The number of anilines is 4. The second-order valence-corrected chi connectivity index (χ2v) is 9.47. The van der Waals surface area contributed by atoms with Crippen molar-refractivity contribution >= 4 is 57.4 Å². The van der Waals surface area contributed by atoms with Gasteiger partial charge in [-0.2, -0.15) is 0 Å². The number of nitrogens with zero attached hydrogens (tertiary/aromatic N) is 2. The summed E-state index contributed by atoms with van der Waals surface area (Å²) in [4.78, 5) is 30.1. The van der Waals surface area contributed by atoms with E-state index in [1.165, 1.54) is 0 Å². The SMILES string of the molecule is CN1CCN(C(=O)c2ccc(N/C(=C3/C(=O)Nc4cc(Cl)ccc43)c3ccc(N)c(N)c3)cc2)CC1. The zero-order valence-corrected chi connectivity index (χ0v) is 20.6. The first-order chi connectivity index (χ1) is 17.3. The van der Waals surface area contributed by atoms with Crippen molar-refractivity contribution in [1.29, 1.82) is 0 Å². The maximum absolute atomic E-state index is 13.1. The molecule has 0 bridgehead atoms. The van der Waals surface area contributed by atoms with E-state index in [1.807, 2.05) is 29.2 Å². The molecule has 9 heteroatoms. The first-order valence-electron chi connectivity index (χ1n) is 11.7. The van der Waals surface area contributed by atoms with Crippen molar-refractivity contribution in [2.45, 2.75) is 0 Å². The van der Waals surface area contributed by atoms with Crippen molar-refractivity contribution in [2.75, 3.05) is 55.3 Å². The molecule has 2 aliphatic heterocycles. The van der Waals surface area contributed by atoms with Crippen LogP contribution in [0.25, 0.3) is 11.3 Å². The number of piperazine rings is 1. The number of nitrogens with one attached hydrogen (secondary N) is 2. The summed E-state index contributed by atoms with van der Waals surface area (Å²) in [6.07, 6.45) is 0. The van der Waals surface area contributed by atoms with Crippen LogP contribution < -0.4 is 22.1 Å². The fraction of sp³-hybridized carbons (Fsp3) is 0.185. The quantitative estimate of drug-likeness (QED) is 0.318. The number of halogens is 1. The molecule has 0 saturated carbocycles. The number of hydrogen-bond acceptors (Lipinski definition) is 6. The lowest BCUT2D eigenvalue weighted by Crippen LogP contribution is -2.47. The zero-order valence-electron chi connectivity index (χ0n) is 19.8. The minimum Gasteiger partial charge on any atom is -0.397 e. The Balaban J connectivity index is 1.50. The van der Waals surface area contributed by atoms with Gasteiger partial charge in [0, 0.05) is 53.6 Å². The summed E-state index contributed by atoms with van der Waals surface area (Å²) in [5.74, 6) is -0.243. The van der Waals surface area contributed by atoms with Crippen molar-refractivity contribution in [3.8, 4) is 0 Å². The summed E-state index contributed by atoms with van der Waals surface area (Å²) < 4.78 is 0. The van der Waals surface area contributed by atoms with Gasteiger partial charge < -0.3 is 31.9 Å². The number of carbonyl (C=O) groups is 2. The van der Waals surface area contributed by atoms with Gasteiger partial charge in [-0.15, -0.1) is 0 Å². The van der Waals surface area contributed by atoms with Crippen LogP contribution in [0.3, 0.4) is 0 Å². The number of carbonyl (C=O) groups excluding carboxylic acids is 2. The molecule has 2 amide bonds. The third kappa shape index (κ3) is 4.60. The topological polar surface area (TPSA) is 117 Å². The molecule has 3 aromatic carbocycles. The summed E-state index contributed by atoms with van der Waals surface area (Å²) in [6, 6.07) is 17.8. The van der Waals surface area contributed by atoms with Crippen LogP contribution in [0.2, 0.25) is 5.02 Å². The maximum atomic E-state index is 13.1. The molecular weight excluding hydrogens is 476 g/mol. The van der Waals surface area contributed by atoms with E-state index in [4.69, 9.17) is 23.1 Å². The van der Waals surface area contributed by atoms with Crippen LogP contribution in [0, 0.1) is 0 Å². The van der Waals surface area contributed by atoms with Gasteiger partial charge in [-0.1, -0.05) is 23.7 Å². The van der Waals surface area contributed by atoms with E-state index in [2.05, 4.69) is 22.6 Å². The lowest BCUT2D eigenvalue weighted by Gasteiger charge is -2.32. The van der Waals surface area contributed by atoms with Crippen LogP contribution >= 0.6 is 11.6 Å². The second-order valence-electron chi connectivity index (χ2n) is 9.04. The van der Waals surface area contributed by atoms with Crippen LogP contribution in [0.4, 0.5) is 22.7 Å². The van der Waals surface area contributed by atoms with Gasteiger partial charge in [0.1, 0.15) is 0 Å². The van der Waals surface area contributed by atoms with Crippen molar-refractivity contribution in [1.82, 2.24) is 9.80 Å². The average Bonchev–Trinajstić information content (AvgIpc) is 3.19. The Morgan fingerprint density at radius 1 is 0.917 bits per heavy atom. The molecular formula is C27H27ClN6O2. The van der Waals surface area contributed by atoms with Crippen LogP contribution in [-0.4, -0.2) is 54.8 Å². The van der Waals surface area contributed by atoms with E-state index >= 15 is 0 Å². The molecule has 184 valence electrons. The van der Waals surface area contributed by atoms with Gasteiger partial charge in [-0.05, 0) is 55.6 Å². The van der Waals surface area contributed by atoms with Crippen molar-refractivity contribution in [2.24, 2.45) is 0 Å². The second kappa shape index (κ2) is 9.56. The zero-order chi connectivity index (χ0) is 25.4. The predicted octanol–water partition coefficient (Wildman–Crippen LogP) is 3.82. The monoisotopic (exact) mass is 502 g/mol. The van der Waals surface area contributed by atoms with Gasteiger partial charge in [0.15, 0.2) is 0 Å². The number of amides is 2. The van der Waals surface area contributed by atoms with E-state index in [0.29, 0.717) is 57.6 Å². The first kappa shape index (κ1) is 23.7. The highest BCUT2D eigenvalue weighted by Crippen LogP contribution is 2.39. The van der Waals surface area contributed by atoms with Gasteiger partial charge in [0.25, 0.3) is 11.8 Å². The summed E-state index contributed by atoms with van der Waals surface area (Å²) in [5, 5.41) is 6.79. The largest absolute Gasteiger partial charge is 0.397 e. The fourth-order valence-corrected chi connectivity index (χ4v) is 4.61. The highest BCUT2D eigenvalue weighted by molar-refractivity contribution is 6.38. The standard InChI is InChI=1S/C27H27ClN6O2/c1-33-10-12-34(13-11-33)27(36)16-2-6-19(7-3-16)31-25(17-4-9-21(29)22(30)14-17)24-20-8-5-18(28)15-23(20)32-26(24)35/h2-9,14-15,31H,10-13,29-30H2,1H3,(H,32,35)/b25-24+. The number of likely N-dealkylation sites (N-methyl/N-ethyl adjacent to an activating group) is 1. The van der Waals surface area contributed by atoms with Crippen LogP contribution in [-0.2, 0) is 4.79 Å². The molecule has 1 saturated heterocycles. The summed E-state index contributed by atoms with van der Waals surface area (Å²) >= 11 is 6.14. The van der Waals surface area contributed by atoms with Crippen LogP contribution in [0.5, 0.6) is 0 Å². The molecule has 2 aliphatic rings. The number of fused-ring (bicyclic) bond motifs is 1. The third-order valence-electron chi connectivity index (χ3n) is 6.54. The smallest absolute Gasteiger partial charge is 0.258 e. The molecule has 0 aliphatic carbocycles. The van der Waals surface area contributed by atoms with E-state index in [9.17, 15) is 9.59 Å². The van der Waals surface area contributed by atoms with Gasteiger partial charge in [-0.3, -0.25) is 9.59 Å². The molecule has 36 heavy (non-hydrogen) atoms. The van der Waals surface area contributed by atoms with Gasteiger partial charge in [-0.25, -0.2) is 0 Å². The Bertz CT molecular complexity index is 1380. The molecule has 3 aromatic rings. The lowest BCUT2D eigenvalue weighted by atomic mass is 9.99. The van der Waals surface area contributed by atoms with E-state index in [1.54, 1.807) is 36.4 Å². The molecule has 0 aromatic heterocycles. The van der Waals surface area contributed by atoms with Crippen molar-refractivity contribution in [3.05, 3.63) is 82.4 Å². The highest BCUT2D eigenvalue weighted by atomic mass is 35.5. The number of rotatable bonds is 4. The minimum absolute atomic E-state index is 0.0144. The van der Waals surface area contributed by atoms with Gasteiger partial charge in [0.05, 0.1) is 28.3 Å². The molecule has 0 radical (unpaired) electrons. The lowest BCUT2D eigenvalue weighted by molar-refractivity contribution is -0.110. The van der Waals surface area contributed by atoms with E-state index < -0.39 is 0 Å². The molecule has 0 spiro atoms. The highest BCUT2D eigenvalue weighted by Gasteiger charge is 2.29. The molecule has 5 rings (SSSR count). The van der Waals surface area contributed by atoms with Crippen LogP contribution in [0.1, 0.15) is 21.5 Å². The molecule has 1 fully saturated rings. The van der Waals surface area contributed by atoms with Gasteiger partial charge in [0.2, 0.25) is 0 Å². The maximum Gasteiger partial charge on any atom is 0.258 e. The first-order valence-corrected chi connectivity index (χ1v) is 12.0. The molecule has 2 heterocycles. The Morgan fingerprint density at radius 3 is 2.31 bits per heavy atom. The third-order valence-corrected chi connectivity index (χ3v) is 6.78. The Morgan fingerprint density at radius 2 is 1.61 bits per heavy atom. The van der Waals surface area contributed by atoms with E-state index in [-0.39, 0.29) is 11.8 Å². The predicted molar refractivity (Wildman–Crippen MR) is 146 cm³/mol. The van der Waals surface area contributed by atoms with Crippen molar-refractivity contribution in [3.63, 3.8) is 0 Å². The number of nitrogen functional groups attached to an aromatic ring is 2. The number of benzene rings is 3. The van der Waals surface area contributed by atoms with Crippen LogP contribution in [0.15, 0.2) is 60.7 Å².